The molecule has 1 aromatic rings. The first-order valence-electron chi connectivity index (χ1n) is 13.4. The quantitative estimate of drug-likeness (QED) is 0.332. The minimum Gasteiger partial charge on any atom is -0.387 e. The molecular formula is C28H44N4O. The molecule has 5 nitrogen and oxygen atoms in total. The van der Waals surface area contributed by atoms with Gasteiger partial charge in [-0.25, -0.2) is 0 Å². The number of carbonyl (C=O) groups excluding carboxylic acids is 1. The summed E-state index contributed by atoms with van der Waals surface area (Å²) in [6.07, 6.45) is 12.3. The molecule has 5 heteroatoms. The SMILES string of the molecule is CCCCC(c1cccc2c1CC(CC1CCC(C(=N)N)C1)C(=O)N2)N1C(C)CCCC1C. The van der Waals surface area contributed by atoms with E-state index in [1.165, 1.54) is 49.7 Å². The maximum Gasteiger partial charge on any atom is 0.227 e. The summed E-state index contributed by atoms with van der Waals surface area (Å²) in [4.78, 5) is 15.8. The van der Waals surface area contributed by atoms with Crippen molar-refractivity contribution in [1.29, 1.82) is 5.41 Å². The van der Waals surface area contributed by atoms with E-state index in [0.29, 0.717) is 29.9 Å². The summed E-state index contributed by atoms with van der Waals surface area (Å²) in [5.41, 5.74) is 9.61. The number of piperidine rings is 1. The van der Waals surface area contributed by atoms with Gasteiger partial charge < -0.3 is 11.1 Å². The molecule has 3 aliphatic rings. The van der Waals surface area contributed by atoms with Crippen molar-refractivity contribution in [3.05, 3.63) is 29.3 Å². The zero-order chi connectivity index (χ0) is 23.5. The minimum absolute atomic E-state index is 0.0254. The van der Waals surface area contributed by atoms with Crippen LogP contribution in [0.15, 0.2) is 18.2 Å². The van der Waals surface area contributed by atoms with Gasteiger partial charge in [-0.15, -0.1) is 0 Å². The van der Waals surface area contributed by atoms with Gasteiger partial charge in [-0.1, -0.05) is 38.3 Å². The molecule has 6 unspecified atom stereocenters. The molecule has 2 aliphatic heterocycles. The summed E-state index contributed by atoms with van der Waals surface area (Å²) < 4.78 is 0. The predicted octanol–water partition coefficient (Wildman–Crippen LogP) is 6.03. The smallest absolute Gasteiger partial charge is 0.227 e. The number of unbranched alkanes of at least 4 members (excludes halogenated alkanes) is 1. The molecule has 6 atom stereocenters. The van der Waals surface area contributed by atoms with Crippen LogP contribution in [0.2, 0.25) is 0 Å². The third-order valence-corrected chi connectivity index (χ3v) is 8.70. The van der Waals surface area contributed by atoms with Crippen molar-refractivity contribution < 1.29 is 4.79 Å². The number of benzene rings is 1. The molecular weight excluding hydrogens is 408 g/mol. The largest absolute Gasteiger partial charge is 0.387 e. The number of amidine groups is 1. The second-order valence-corrected chi connectivity index (χ2v) is 11.1. The van der Waals surface area contributed by atoms with Crippen molar-refractivity contribution >= 4 is 17.4 Å². The highest BCUT2D eigenvalue weighted by Crippen LogP contribution is 2.42. The first kappa shape index (κ1) is 24.3. The van der Waals surface area contributed by atoms with Gasteiger partial charge in [0.1, 0.15) is 0 Å². The van der Waals surface area contributed by atoms with Crippen LogP contribution in [0, 0.1) is 23.2 Å². The third kappa shape index (κ3) is 5.29. The molecule has 2 fully saturated rings. The van der Waals surface area contributed by atoms with Crippen LogP contribution in [0.1, 0.15) is 102 Å². The lowest BCUT2D eigenvalue weighted by Crippen LogP contribution is -2.46. The summed E-state index contributed by atoms with van der Waals surface area (Å²) in [5, 5.41) is 11.1. The average Bonchev–Trinajstić information content (AvgIpc) is 3.25. The van der Waals surface area contributed by atoms with Gasteiger partial charge in [-0.2, -0.15) is 0 Å². The Balaban J connectivity index is 1.59. The van der Waals surface area contributed by atoms with E-state index in [2.05, 4.69) is 49.2 Å². The Morgan fingerprint density at radius 1 is 1.21 bits per heavy atom. The van der Waals surface area contributed by atoms with Crippen LogP contribution >= 0.6 is 0 Å². The maximum atomic E-state index is 13.0. The number of anilines is 1. The molecule has 0 spiro atoms. The van der Waals surface area contributed by atoms with E-state index in [4.69, 9.17) is 11.1 Å². The number of nitrogens with one attached hydrogen (secondary N) is 2. The van der Waals surface area contributed by atoms with E-state index >= 15 is 0 Å². The molecule has 1 saturated heterocycles. The number of likely N-dealkylation sites (tertiary alicyclic amines) is 1. The third-order valence-electron chi connectivity index (χ3n) is 8.70. The second-order valence-electron chi connectivity index (χ2n) is 11.1. The maximum absolute atomic E-state index is 13.0. The van der Waals surface area contributed by atoms with E-state index in [-0.39, 0.29) is 17.7 Å². The molecule has 1 aliphatic carbocycles. The van der Waals surface area contributed by atoms with Crippen molar-refractivity contribution in [2.75, 3.05) is 5.32 Å². The molecule has 1 aromatic carbocycles. The predicted molar refractivity (Wildman–Crippen MR) is 137 cm³/mol. The minimum atomic E-state index is 0.0254. The van der Waals surface area contributed by atoms with E-state index in [1.807, 2.05) is 0 Å². The molecule has 2 heterocycles. The number of amides is 1. The first-order chi connectivity index (χ1) is 15.9. The van der Waals surface area contributed by atoms with E-state index in [1.54, 1.807) is 0 Å². The van der Waals surface area contributed by atoms with Crippen LogP contribution in [0.4, 0.5) is 5.69 Å². The second kappa shape index (κ2) is 10.6. The first-order valence-corrected chi connectivity index (χ1v) is 13.4. The van der Waals surface area contributed by atoms with Crippen LogP contribution in [0.3, 0.4) is 0 Å². The molecule has 33 heavy (non-hydrogen) atoms. The lowest BCUT2D eigenvalue weighted by Gasteiger charge is -2.45. The summed E-state index contributed by atoms with van der Waals surface area (Å²) in [7, 11) is 0. The highest BCUT2D eigenvalue weighted by Gasteiger charge is 2.37. The number of fused-ring (bicyclic) bond motifs is 1. The van der Waals surface area contributed by atoms with Gasteiger partial charge in [0.25, 0.3) is 0 Å². The molecule has 4 N–H and O–H groups in total. The van der Waals surface area contributed by atoms with Gasteiger partial charge in [0.15, 0.2) is 0 Å². The molecule has 1 amide bonds. The van der Waals surface area contributed by atoms with Crippen molar-refractivity contribution in [2.24, 2.45) is 23.5 Å². The number of carbonyl (C=O) groups is 1. The van der Waals surface area contributed by atoms with Gasteiger partial charge in [0.05, 0.1) is 5.84 Å². The Kier molecular flexibility index (Phi) is 7.78. The molecule has 0 bridgehead atoms. The number of hydrogen-bond acceptors (Lipinski definition) is 3. The van der Waals surface area contributed by atoms with Crippen molar-refractivity contribution in [1.82, 2.24) is 4.90 Å². The molecule has 1 saturated carbocycles. The Hall–Kier alpha value is -1.88. The summed E-state index contributed by atoms with van der Waals surface area (Å²) >= 11 is 0. The lowest BCUT2D eigenvalue weighted by atomic mass is 9.80. The van der Waals surface area contributed by atoms with Gasteiger partial charge in [0, 0.05) is 35.6 Å². The van der Waals surface area contributed by atoms with E-state index in [9.17, 15) is 4.79 Å². The fourth-order valence-electron chi connectivity index (χ4n) is 6.92. The molecule has 0 radical (unpaired) electrons. The van der Waals surface area contributed by atoms with Crippen molar-refractivity contribution in [2.45, 2.75) is 110 Å². The fourth-order valence-corrected chi connectivity index (χ4v) is 6.92. The molecule has 0 aromatic heterocycles. The number of rotatable bonds is 8. The van der Waals surface area contributed by atoms with Gasteiger partial charge in [0.2, 0.25) is 5.91 Å². The van der Waals surface area contributed by atoms with Crippen LogP contribution in [0.25, 0.3) is 0 Å². The van der Waals surface area contributed by atoms with Crippen molar-refractivity contribution in [3.63, 3.8) is 0 Å². The zero-order valence-corrected chi connectivity index (χ0v) is 20.9. The standard InChI is InChI=1S/C28H44N4O/c1-4-5-12-26(32-18(2)8-6-9-19(32)3)23-10-7-11-25-24(23)17-22(28(33)31-25)16-20-13-14-21(15-20)27(29)30/h7,10-11,18-22,26H,4-6,8-9,12-17H2,1-3H3,(H3,29,30)(H,31,33). The molecule has 4 rings (SSSR count). The van der Waals surface area contributed by atoms with E-state index in [0.717, 1.165) is 37.8 Å². The van der Waals surface area contributed by atoms with E-state index < -0.39 is 0 Å². The lowest BCUT2D eigenvalue weighted by molar-refractivity contribution is -0.120. The normalized spacial score (nSPS) is 31.1. The van der Waals surface area contributed by atoms with Crippen LogP contribution in [-0.4, -0.2) is 28.7 Å². The Morgan fingerprint density at radius 2 is 1.97 bits per heavy atom. The van der Waals surface area contributed by atoms with Gasteiger partial charge in [-0.3, -0.25) is 15.1 Å². The topological polar surface area (TPSA) is 82.2 Å². The van der Waals surface area contributed by atoms with Crippen LogP contribution in [0.5, 0.6) is 0 Å². The number of nitrogens with zero attached hydrogens (tertiary/aromatic N) is 1. The van der Waals surface area contributed by atoms with Crippen LogP contribution < -0.4 is 11.1 Å². The summed E-state index contributed by atoms with van der Waals surface area (Å²) in [5.74, 6) is 1.24. The highest BCUT2D eigenvalue weighted by molar-refractivity contribution is 5.96. The number of hydrogen-bond donors (Lipinski definition) is 3. The Bertz CT molecular complexity index is 842. The fraction of sp³-hybridized carbons (Fsp3) is 0.714. The molecule has 182 valence electrons. The monoisotopic (exact) mass is 452 g/mol. The van der Waals surface area contributed by atoms with Gasteiger partial charge in [-0.05, 0) is 88.3 Å². The number of nitrogens with two attached hydrogens (primary N) is 1. The zero-order valence-electron chi connectivity index (χ0n) is 20.9. The Morgan fingerprint density at radius 3 is 2.64 bits per heavy atom. The average molecular weight is 453 g/mol. The highest BCUT2D eigenvalue weighted by atomic mass is 16.1. The van der Waals surface area contributed by atoms with Crippen LogP contribution in [-0.2, 0) is 11.2 Å². The van der Waals surface area contributed by atoms with Crippen molar-refractivity contribution in [3.8, 4) is 0 Å². The summed E-state index contributed by atoms with van der Waals surface area (Å²) in [6.45, 7) is 7.09. The summed E-state index contributed by atoms with van der Waals surface area (Å²) in [6, 6.07) is 8.19. The van der Waals surface area contributed by atoms with Gasteiger partial charge >= 0.3 is 0 Å². The Labute approximate surface area is 200 Å².